The molecule has 0 unspecified atom stereocenters. The number of aliphatic hydroxyl groups is 1. The average Bonchev–Trinajstić information content (AvgIpc) is 3.01. The van der Waals surface area contributed by atoms with E-state index in [1.165, 1.54) is 18.2 Å². The van der Waals surface area contributed by atoms with E-state index < -0.39 is 0 Å². The molecule has 0 aliphatic rings. The molecule has 0 saturated carbocycles. The van der Waals surface area contributed by atoms with Gasteiger partial charge < -0.3 is 14.3 Å². The smallest absolute Gasteiger partial charge is 0.190 e. The summed E-state index contributed by atoms with van der Waals surface area (Å²) in [5, 5.41) is 9.77. The van der Waals surface area contributed by atoms with Gasteiger partial charge in [0.25, 0.3) is 0 Å². The molecule has 0 aliphatic carbocycles. The fourth-order valence-electron chi connectivity index (χ4n) is 2.02. The average molecular weight is 328 g/mol. The Morgan fingerprint density at radius 3 is 2.74 bits per heavy atom. The van der Waals surface area contributed by atoms with Crippen LogP contribution in [0.25, 0.3) is 0 Å². The van der Waals surface area contributed by atoms with E-state index in [-0.39, 0.29) is 6.61 Å². The number of aromatic nitrogens is 2. The summed E-state index contributed by atoms with van der Waals surface area (Å²) < 4.78 is 11.0. The van der Waals surface area contributed by atoms with E-state index in [4.69, 9.17) is 14.3 Å². The molecule has 0 aliphatic heterocycles. The third-order valence-corrected chi connectivity index (χ3v) is 4.18. The van der Waals surface area contributed by atoms with E-state index in [0.717, 1.165) is 21.9 Å². The largest absolute Gasteiger partial charge is 0.489 e. The van der Waals surface area contributed by atoms with Gasteiger partial charge in [0.05, 0.1) is 6.61 Å². The summed E-state index contributed by atoms with van der Waals surface area (Å²) in [4.78, 5) is 9.11. The summed E-state index contributed by atoms with van der Waals surface area (Å²) >= 11 is 1.42. The predicted octanol–water partition coefficient (Wildman–Crippen LogP) is 3.60. The van der Waals surface area contributed by atoms with Crippen molar-refractivity contribution in [3.63, 3.8) is 0 Å². The molecule has 0 saturated heterocycles. The van der Waals surface area contributed by atoms with Crippen molar-refractivity contribution in [3.05, 3.63) is 65.9 Å². The number of aliphatic hydroxyl groups excluding tert-OH is 1. The molecule has 0 spiro atoms. The molecule has 3 aromatic rings. The molecule has 0 bridgehead atoms. The quantitative estimate of drug-likeness (QED) is 0.745. The Kier molecular flexibility index (Phi) is 4.95. The van der Waals surface area contributed by atoms with Crippen molar-refractivity contribution in [1.29, 1.82) is 0 Å². The van der Waals surface area contributed by atoms with Crippen LogP contribution in [0.3, 0.4) is 0 Å². The van der Waals surface area contributed by atoms with Crippen LogP contribution in [-0.4, -0.2) is 15.1 Å². The van der Waals surface area contributed by atoms with Crippen LogP contribution in [0.15, 0.2) is 63.4 Å². The Morgan fingerprint density at radius 2 is 2.00 bits per heavy atom. The van der Waals surface area contributed by atoms with Gasteiger partial charge in [-0.1, -0.05) is 0 Å². The number of nitrogens with zero attached hydrogens (tertiary/aromatic N) is 2. The Bertz CT molecular complexity index is 772. The minimum atomic E-state index is -0.134. The number of pyridine rings is 1. The second-order valence-corrected chi connectivity index (χ2v) is 5.96. The van der Waals surface area contributed by atoms with Gasteiger partial charge in [0, 0.05) is 16.8 Å². The van der Waals surface area contributed by atoms with Crippen LogP contribution in [-0.2, 0) is 13.2 Å². The normalized spacial score (nSPS) is 10.7. The van der Waals surface area contributed by atoms with Gasteiger partial charge in [-0.25, -0.2) is 4.98 Å². The Labute approximate surface area is 138 Å². The fourth-order valence-corrected chi connectivity index (χ4v) is 2.83. The molecule has 0 atom stereocenters. The van der Waals surface area contributed by atoms with Gasteiger partial charge in [0.1, 0.15) is 18.1 Å². The third-order valence-electron chi connectivity index (χ3n) is 3.15. The minimum absolute atomic E-state index is 0.134. The topological polar surface area (TPSA) is 68.4 Å². The number of hydrogen-bond donors (Lipinski definition) is 1. The van der Waals surface area contributed by atoms with Crippen LogP contribution in [0.4, 0.5) is 0 Å². The van der Waals surface area contributed by atoms with Gasteiger partial charge in [-0.15, -0.1) is 0 Å². The molecule has 1 N–H and O–H groups in total. The molecule has 3 rings (SSSR count). The molecule has 5 nitrogen and oxygen atoms in total. The number of ether oxygens (including phenoxy) is 1. The van der Waals surface area contributed by atoms with Crippen molar-refractivity contribution in [1.82, 2.24) is 9.97 Å². The number of oxazole rings is 1. The maximum absolute atomic E-state index is 9.17. The van der Waals surface area contributed by atoms with Crippen LogP contribution < -0.4 is 4.74 Å². The summed E-state index contributed by atoms with van der Waals surface area (Å²) in [5.41, 5.74) is 2.61. The molecule has 0 fully saturated rings. The highest BCUT2D eigenvalue weighted by Crippen LogP contribution is 2.31. The third kappa shape index (κ3) is 4.12. The monoisotopic (exact) mass is 328 g/mol. The molecule has 6 heteroatoms. The Hall–Kier alpha value is -2.31. The summed E-state index contributed by atoms with van der Waals surface area (Å²) in [7, 11) is 0. The molecule has 2 aromatic heterocycles. The second kappa shape index (κ2) is 7.30. The molecule has 0 radical (unpaired) electrons. The van der Waals surface area contributed by atoms with Crippen molar-refractivity contribution in [2.75, 3.05) is 0 Å². The summed E-state index contributed by atoms with van der Waals surface area (Å²) in [5.74, 6) is 0.795. The standard InChI is InChI=1S/C17H16N2O3S/c1-12-8-13(6-7-18-12)10-21-14-2-4-15(5-3-14)23-17-16(9-20)19-11-22-17/h2-8,11,20H,9-10H2,1H3. The SMILES string of the molecule is Cc1cc(COc2ccc(Sc3ocnc3CO)cc2)ccn1. The van der Waals surface area contributed by atoms with Crippen LogP contribution >= 0.6 is 11.8 Å². The lowest BCUT2D eigenvalue weighted by Crippen LogP contribution is -1.96. The lowest BCUT2D eigenvalue weighted by atomic mass is 10.2. The van der Waals surface area contributed by atoms with E-state index in [0.29, 0.717) is 17.4 Å². The first-order valence-corrected chi connectivity index (χ1v) is 7.92. The lowest BCUT2D eigenvalue weighted by Gasteiger charge is -2.07. The van der Waals surface area contributed by atoms with Crippen molar-refractivity contribution in [2.24, 2.45) is 0 Å². The fraction of sp³-hybridized carbons (Fsp3) is 0.176. The Morgan fingerprint density at radius 1 is 1.17 bits per heavy atom. The highest BCUT2D eigenvalue weighted by Gasteiger charge is 2.09. The second-order valence-electron chi connectivity index (χ2n) is 4.91. The van der Waals surface area contributed by atoms with Gasteiger partial charge in [-0.3, -0.25) is 4.98 Å². The van der Waals surface area contributed by atoms with E-state index in [1.54, 1.807) is 6.20 Å². The first kappa shape index (κ1) is 15.6. The zero-order valence-electron chi connectivity index (χ0n) is 12.6. The Balaban J connectivity index is 1.61. The predicted molar refractivity (Wildman–Crippen MR) is 86.3 cm³/mol. The van der Waals surface area contributed by atoms with Gasteiger partial charge in [-0.05, 0) is 60.6 Å². The van der Waals surface area contributed by atoms with Gasteiger partial charge in [-0.2, -0.15) is 0 Å². The summed E-state index contributed by atoms with van der Waals surface area (Å²) in [6, 6.07) is 11.7. The molecule has 2 heterocycles. The van der Waals surface area contributed by atoms with Crippen LogP contribution in [0.2, 0.25) is 0 Å². The lowest BCUT2D eigenvalue weighted by molar-refractivity contribution is 0.270. The van der Waals surface area contributed by atoms with E-state index in [1.807, 2.05) is 43.3 Å². The maximum atomic E-state index is 9.17. The molecule has 0 amide bonds. The summed E-state index contributed by atoms with van der Waals surface area (Å²) in [6.07, 6.45) is 3.12. The zero-order chi connectivity index (χ0) is 16.1. The minimum Gasteiger partial charge on any atom is -0.489 e. The molecule has 23 heavy (non-hydrogen) atoms. The highest BCUT2D eigenvalue weighted by molar-refractivity contribution is 7.99. The van der Waals surface area contributed by atoms with Crippen molar-refractivity contribution < 1.29 is 14.3 Å². The van der Waals surface area contributed by atoms with Gasteiger partial charge in [0.2, 0.25) is 0 Å². The van der Waals surface area contributed by atoms with Gasteiger partial charge in [0.15, 0.2) is 11.5 Å². The zero-order valence-corrected chi connectivity index (χ0v) is 13.4. The molecule has 118 valence electrons. The molecule has 1 aromatic carbocycles. The maximum Gasteiger partial charge on any atom is 0.190 e. The van der Waals surface area contributed by atoms with Crippen molar-refractivity contribution in [3.8, 4) is 5.75 Å². The van der Waals surface area contributed by atoms with E-state index in [2.05, 4.69) is 9.97 Å². The molecular formula is C17H16N2O3S. The number of aryl methyl sites for hydroxylation is 1. The van der Waals surface area contributed by atoms with E-state index >= 15 is 0 Å². The van der Waals surface area contributed by atoms with Crippen LogP contribution in [0.1, 0.15) is 17.0 Å². The highest BCUT2D eigenvalue weighted by atomic mass is 32.2. The summed E-state index contributed by atoms with van der Waals surface area (Å²) in [6.45, 7) is 2.33. The van der Waals surface area contributed by atoms with E-state index in [9.17, 15) is 0 Å². The van der Waals surface area contributed by atoms with Crippen LogP contribution in [0, 0.1) is 6.92 Å². The number of rotatable bonds is 6. The number of benzene rings is 1. The molecular weight excluding hydrogens is 312 g/mol. The van der Waals surface area contributed by atoms with Crippen LogP contribution in [0.5, 0.6) is 5.75 Å². The number of hydrogen-bond acceptors (Lipinski definition) is 6. The first-order valence-electron chi connectivity index (χ1n) is 7.10. The van der Waals surface area contributed by atoms with Crippen molar-refractivity contribution >= 4 is 11.8 Å². The first-order chi connectivity index (χ1) is 11.2. The van der Waals surface area contributed by atoms with Crippen molar-refractivity contribution in [2.45, 2.75) is 30.1 Å². The van der Waals surface area contributed by atoms with Gasteiger partial charge >= 0.3 is 0 Å².